The molecule has 0 radical (unpaired) electrons. The van der Waals surface area contributed by atoms with E-state index in [1.54, 1.807) is 24.3 Å². The molecule has 0 aliphatic heterocycles. The predicted octanol–water partition coefficient (Wildman–Crippen LogP) is 5.95. The van der Waals surface area contributed by atoms with Crippen LogP contribution in [0.2, 0.25) is 0 Å². The SMILES string of the molecule is CCC(CCC(=O)c1ccccc1C(=O)c1ccccc1)CC(C)C. The summed E-state index contributed by atoms with van der Waals surface area (Å²) in [4.78, 5) is 25.5. The third kappa shape index (κ3) is 5.38. The van der Waals surface area contributed by atoms with Gasteiger partial charge >= 0.3 is 0 Å². The molecule has 2 aromatic carbocycles. The second kappa shape index (κ2) is 9.31. The predicted molar refractivity (Wildman–Crippen MR) is 103 cm³/mol. The van der Waals surface area contributed by atoms with Crippen molar-refractivity contribution in [2.24, 2.45) is 11.8 Å². The van der Waals surface area contributed by atoms with Gasteiger partial charge in [0.25, 0.3) is 0 Å². The Bertz CT molecular complexity index is 701. The van der Waals surface area contributed by atoms with Crippen molar-refractivity contribution in [2.75, 3.05) is 0 Å². The number of rotatable bonds is 9. The quantitative estimate of drug-likeness (QED) is 0.530. The number of hydrogen-bond donors (Lipinski definition) is 0. The summed E-state index contributed by atoms with van der Waals surface area (Å²) in [6, 6.07) is 16.3. The highest BCUT2D eigenvalue weighted by molar-refractivity contribution is 6.15. The van der Waals surface area contributed by atoms with E-state index in [2.05, 4.69) is 20.8 Å². The van der Waals surface area contributed by atoms with Gasteiger partial charge in [-0.1, -0.05) is 81.8 Å². The zero-order chi connectivity index (χ0) is 18.2. The van der Waals surface area contributed by atoms with E-state index >= 15 is 0 Å². The molecule has 2 aromatic rings. The molecule has 0 bridgehead atoms. The summed E-state index contributed by atoms with van der Waals surface area (Å²) in [5, 5.41) is 0. The summed E-state index contributed by atoms with van der Waals surface area (Å²) >= 11 is 0. The normalized spacial score (nSPS) is 12.2. The molecular weight excluding hydrogens is 308 g/mol. The van der Waals surface area contributed by atoms with Crippen LogP contribution in [0.3, 0.4) is 0 Å². The molecule has 132 valence electrons. The maximum Gasteiger partial charge on any atom is 0.193 e. The van der Waals surface area contributed by atoms with Gasteiger partial charge < -0.3 is 0 Å². The Kier molecular flexibility index (Phi) is 7.12. The van der Waals surface area contributed by atoms with E-state index in [0.29, 0.717) is 34.9 Å². The summed E-state index contributed by atoms with van der Waals surface area (Å²) in [7, 11) is 0. The third-order valence-corrected chi connectivity index (χ3v) is 4.67. The molecule has 0 N–H and O–H groups in total. The molecule has 2 rings (SSSR count). The van der Waals surface area contributed by atoms with Crippen molar-refractivity contribution in [3.63, 3.8) is 0 Å². The molecule has 0 aliphatic rings. The van der Waals surface area contributed by atoms with Crippen LogP contribution in [0, 0.1) is 11.8 Å². The molecule has 2 nitrogen and oxygen atoms in total. The highest BCUT2D eigenvalue weighted by Gasteiger charge is 2.19. The Hall–Kier alpha value is -2.22. The molecule has 0 heterocycles. The minimum Gasteiger partial charge on any atom is -0.294 e. The van der Waals surface area contributed by atoms with Gasteiger partial charge in [-0.05, 0) is 24.7 Å². The minimum absolute atomic E-state index is 0.0714. The number of benzene rings is 2. The highest BCUT2D eigenvalue weighted by atomic mass is 16.1. The van der Waals surface area contributed by atoms with E-state index in [1.807, 2.05) is 30.3 Å². The van der Waals surface area contributed by atoms with E-state index in [-0.39, 0.29) is 11.6 Å². The maximum atomic E-state index is 12.8. The first kappa shape index (κ1) is 19.1. The fourth-order valence-corrected chi connectivity index (χ4v) is 3.29. The Labute approximate surface area is 151 Å². The van der Waals surface area contributed by atoms with Gasteiger partial charge in [0.2, 0.25) is 0 Å². The van der Waals surface area contributed by atoms with Crippen LogP contribution < -0.4 is 0 Å². The Morgan fingerprint density at radius 3 is 2.08 bits per heavy atom. The first-order valence-electron chi connectivity index (χ1n) is 9.24. The second-order valence-electron chi connectivity index (χ2n) is 7.11. The van der Waals surface area contributed by atoms with Gasteiger partial charge in [0.05, 0.1) is 0 Å². The topological polar surface area (TPSA) is 34.1 Å². The zero-order valence-corrected chi connectivity index (χ0v) is 15.5. The van der Waals surface area contributed by atoms with Crippen molar-refractivity contribution >= 4 is 11.6 Å². The fourth-order valence-electron chi connectivity index (χ4n) is 3.29. The van der Waals surface area contributed by atoms with Crippen LogP contribution in [0.1, 0.15) is 72.7 Å². The van der Waals surface area contributed by atoms with Crippen LogP contribution >= 0.6 is 0 Å². The number of hydrogen-bond acceptors (Lipinski definition) is 2. The van der Waals surface area contributed by atoms with Gasteiger partial charge in [-0.2, -0.15) is 0 Å². The number of Topliss-reactive ketones (excluding diaryl/α,β-unsaturated/α-hetero) is 1. The van der Waals surface area contributed by atoms with Crippen molar-refractivity contribution in [2.45, 2.75) is 46.5 Å². The van der Waals surface area contributed by atoms with E-state index in [9.17, 15) is 9.59 Å². The van der Waals surface area contributed by atoms with Crippen molar-refractivity contribution in [1.29, 1.82) is 0 Å². The average Bonchev–Trinajstić information content (AvgIpc) is 2.64. The molecule has 0 saturated heterocycles. The van der Waals surface area contributed by atoms with Crippen molar-refractivity contribution < 1.29 is 9.59 Å². The van der Waals surface area contributed by atoms with Gasteiger partial charge in [0.1, 0.15) is 0 Å². The van der Waals surface area contributed by atoms with Gasteiger partial charge in [-0.15, -0.1) is 0 Å². The molecule has 1 atom stereocenters. The lowest BCUT2D eigenvalue weighted by Crippen LogP contribution is -2.12. The van der Waals surface area contributed by atoms with E-state index in [0.717, 1.165) is 19.3 Å². The number of ketones is 2. The summed E-state index contributed by atoms with van der Waals surface area (Å²) in [5.74, 6) is 1.20. The van der Waals surface area contributed by atoms with Gasteiger partial charge in [0, 0.05) is 23.1 Å². The van der Waals surface area contributed by atoms with Crippen LogP contribution in [0.5, 0.6) is 0 Å². The molecular formula is C23H28O2. The van der Waals surface area contributed by atoms with Gasteiger partial charge in [-0.3, -0.25) is 9.59 Å². The second-order valence-corrected chi connectivity index (χ2v) is 7.11. The molecule has 0 aromatic heterocycles. The molecule has 0 spiro atoms. The molecule has 25 heavy (non-hydrogen) atoms. The van der Waals surface area contributed by atoms with Crippen LogP contribution in [0.4, 0.5) is 0 Å². The highest BCUT2D eigenvalue weighted by Crippen LogP contribution is 2.23. The first-order chi connectivity index (χ1) is 12.0. The smallest absolute Gasteiger partial charge is 0.193 e. The summed E-state index contributed by atoms with van der Waals surface area (Å²) in [5.41, 5.74) is 1.68. The summed E-state index contributed by atoms with van der Waals surface area (Å²) in [6.45, 7) is 6.63. The van der Waals surface area contributed by atoms with Crippen LogP contribution in [0.15, 0.2) is 54.6 Å². The lowest BCUT2D eigenvalue weighted by atomic mass is 9.88. The Morgan fingerprint density at radius 2 is 1.48 bits per heavy atom. The largest absolute Gasteiger partial charge is 0.294 e. The van der Waals surface area contributed by atoms with Crippen molar-refractivity contribution in [3.8, 4) is 0 Å². The molecule has 0 fully saturated rings. The van der Waals surface area contributed by atoms with Gasteiger partial charge in [-0.25, -0.2) is 0 Å². The van der Waals surface area contributed by atoms with E-state index in [1.165, 1.54) is 0 Å². The maximum absolute atomic E-state index is 12.8. The average molecular weight is 336 g/mol. The molecule has 0 amide bonds. The standard InChI is InChI=1S/C23H28O2/c1-4-18(16-17(2)3)14-15-22(24)20-12-8-9-13-21(20)23(25)19-10-6-5-7-11-19/h5-13,17-18H,4,14-16H2,1-3H3. The summed E-state index contributed by atoms with van der Waals surface area (Å²) in [6.07, 6.45) is 3.64. The monoisotopic (exact) mass is 336 g/mol. The van der Waals surface area contributed by atoms with Gasteiger partial charge in [0.15, 0.2) is 11.6 Å². The van der Waals surface area contributed by atoms with E-state index < -0.39 is 0 Å². The van der Waals surface area contributed by atoms with Crippen molar-refractivity contribution in [3.05, 3.63) is 71.3 Å². The summed E-state index contributed by atoms with van der Waals surface area (Å²) < 4.78 is 0. The van der Waals surface area contributed by atoms with E-state index in [4.69, 9.17) is 0 Å². The lowest BCUT2D eigenvalue weighted by molar-refractivity contribution is 0.0958. The lowest BCUT2D eigenvalue weighted by Gasteiger charge is -2.17. The van der Waals surface area contributed by atoms with Crippen LogP contribution in [-0.4, -0.2) is 11.6 Å². The third-order valence-electron chi connectivity index (χ3n) is 4.67. The van der Waals surface area contributed by atoms with Crippen LogP contribution in [0.25, 0.3) is 0 Å². The minimum atomic E-state index is -0.0845. The number of carbonyl (C=O) groups is 2. The molecule has 1 unspecified atom stereocenters. The first-order valence-corrected chi connectivity index (χ1v) is 9.24. The fraction of sp³-hybridized carbons (Fsp3) is 0.391. The van der Waals surface area contributed by atoms with Crippen LogP contribution in [-0.2, 0) is 0 Å². The molecule has 0 aliphatic carbocycles. The molecule has 0 saturated carbocycles. The molecule has 2 heteroatoms. The number of carbonyl (C=O) groups excluding carboxylic acids is 2. The Morgan fingerprint density at radius 1 is 0.880 bits per heavy atom. The van der Waals surface area contributed by atoms with Crippen molar-refractivity contribution in [1.82, 2.24) is 0 Å². The zero-order valence-electron chi connectivity index (χ0n) is 15.5. The Balaban J connectivity index is 2.14.